The van der Waals surface area contributed by atoms with Crippen molar-refractivity contribution >= 4 is 15.4 Å². The normalized spacial score (nSPS) is 12.8. The Morgan fingerprint density at radius 3 is 2.25 bits per heavy atom. The molecule has 0 fully saturated rings. The minimum absolute atomic E-state index is 0.482. The van der Waals surface area contributed by atoms with Crippen molar-refractivity contribution in [3.05, 3.63) is 42.0 Å². The maximum absolute atomic E-state index is 5.34. The molecule has 0 saturated carbocycles. The van der Waals surface area contributed by atoms with E-state index in [2.05, 4.69) is 37.8 Å². The van der Waals surface area contributed by atoms with E-state index < -0.39 is 9.28 Å². The molecule has 0 aliphatic heterocycles. The molecule has 16 heavy (non-hydrogen) atoms. The molecule has 0 radical (unpaired) electrons. The lowest BCUT2D eigenvalue weighted by atomic mass is 10.0. The molecule has 0 heterocycles. The van der Waals surface area contributed by atoms with Gasteiger partial charge in [0.05, 0.1) is 0 Å². The summed E-state index contributed by atoms with van der Waals surface area (Å²) in [6, 6.07) is 9.49. The second kappa shape index (κ2) is 6.63. The van der Waals surface area contributed by atoms with E-state index in [4.69, 9.17) is 8.85 Å². The van der Waals surface area contributed by atoms with Gasteiger partial charge >= 0.3 is 9.28 Å². The smallest absolute Gasteiger partial charge is 0.321 e. The second-order valence-corrected chi connectivity index (χ2v) is 6.18. The molecule has 1 rings (SSSR count). The summed E-state index contributed by atoms with van der Waals surface area (Å²) in [5, 5.41) is 0. The molecule has 1 aromatic carbocycles. The molecule has 0 amide bonds. The summed E-state index contributed by atoms with van der Waals surface area (Å²) in [5.74, 6) is 0.482. The maximum atomic E-state index is 5.34. The second-order valence-electron chi connectivity index (χ2n) is 3.91. The van der Waals surface area contributed by atoms with Crippen LogP contribution in [0.5, 0.6) is 0 Å². The maximum Gasteiger partial charge on any atom is 0.321 e. The number of hydrogen-bond acceptors (Lipinski definition) is 2. The molecule has 1 aromatic rings. The van der Waals surface area contributed by atoms with Gasteiger partial charge < -0.3 is 8.85 Å². The molecule has 0 aliphatic carbocycles. The zero-order valence-electron chi connectivity index (χ0n) is 10.3. The molecular formula is C13H20O2Si. The minimum atomic E-state index is -1.46. The summed E-state index contributed by atoms with van der Waals surface area (Å²) in [6.07, 6.45) is 1.86. The van der Waals surface area contributed by atoms with Crippen molar-refractivity contribution in [1.82, 2.24) is 0 Å². The van der Waals surface area contributed by atoms with Crippen LogP contribution >= 0.6 is 0 Å². The van der Waals surface area contributed by atoms with Crippen molar-refractivity contribution < 1.29 is 8.85 Å². The Balaban J connectivity index is 2.64. The number of benzene rings is 1. The van der Waals surface area contributed by atoms with Crippen molar-refractivity contribution in [2.24, 2.45) is 0 Å². The Hall–Kier alpha value is -0.903. The van der Waals surface area contributed by atoms with Crippen LogP contribution < -0.4 is 0 Å². The van der Waals surface area contributed by atoms with E-state index in [0.29, 0.717) is 5.92 Å². The average Bonchev–Trinajstić information content (AvgIpc) is 2.35. The first-order valence-electron chi connectivity index (χ1n) is 5.49. The van der Waals surface area contributed by atoms with Crippen LogP contribution in [0.1, 0.15) is 24.0 Å². The van der Waals surface area contributed by atoms with E-state index in [1.165, 1.54) is 5.56 Å². The van der Waals surface area contributed by atoms with Gasteiger partial charge in [0.2, 0.25) is 0 Å². The van der Waals surface area contributed by atoms with E-state index in [9.17, 15) is 0 Å². The van der Waals surface area contributed by atoms with Crippen LogP contribution in [0.3, 0.4) is 0 Å². The van der Waals surface area contributed by atoms with Crippen LogP contribution in [0.15, 0.2) is 30.8 Å². The summed E-state index contributed by atoms with van der Waals surface area (Å²) in [4.78, 5) is 0. The third-order valence-corrected chi connectivity index (χ3v) is 4.96. The SMILES string of the molecule is C=Cc1ccc(C(C)C[SiH](OC)OC)cc1. The molecule has 0 spiro atoms. The fourth-order valence-corrected chi connectivity index (χ4v) is 3.10. The molecule has 0 saturated heterocycles. The third-order valence-electron chi connectivity index (χ3n) is 2.81. The van der Waals surface area contributed by atoms with E-state index in [-0.39, 0.29) is 0 Å². The van der Waals surface area contributed by atoms with Crippen molar-refractivity contribution in [3.63, 3.8) is 0 Å². The van der Waals surface area contributed by atoms with Crippen LogP contribution in [0.2, 0.25) is 6.04 Å². The first kappa shape index (κ1) is 13.2. The van der Waals surface area contributed by atoms with Gasteiger partial charge in [-0.3, -0.25) is 0 Å². The van der Waals surface area contributed by atoms with Gasteiger partial charge in [-0.25, -0.2) is 0 Å². The Morgan fingerprint density at radius 1 is 1.25 bits per heavy atom. The van der Waals surface area contributed by atoms with Crippen LogP contribution in [-0.4, -0.2) is 23.5 Å². The summed E-state index contributed by atoms with van der Waals surface area (Å²) in [5.41, 5.74) is 2.49. The van der Waals surface area contributed by atoms with Gasteiger partial charge in [0.1, 0.15) is 0 Å². The lowest BCUT2D eigenvalue weighted by Gasteiger charge is -2.16. The quantitative estimate of drug-likeness (QED) is 0.707. The van der Waals surface area contributed by atoms with Crippen molar-refractivity contribution in [3.8, 4) is 0 Å². The van der Waals surface area contributed by atoms with Gasteiger partial charge in [0.15, 0.2) is 0 Å². The lowest BCUT2D eigenvalue weighted by molar-refractivity contribution is 0.275. The van der Waals surface area contributed by atoms with E-state index in [0.717, 1.165) is 11.6 Å². The topological polar surface area (TPSA) is 18.5 Å². The van der Waals surface area contributed by atoms with Gasteiger partial charge in [0, 0.05) is 14.2 Å². The highest BCUT2D eigenvalue weighted by molar-refractivity contribution is 6.44. The van der Waals surface area contributed by atoms with Crippen LogP contribution in [0.4, 0.5) is 0 Å². The fourth-order valence-electron chi connectivity index (χ4n) is 1.67. The lowest BCUT2D eigenvalue weighted by Crippen LogP contribution is -2.21. The predicted molar refractivity (Wildman–Crippen MR) is 70.9 cm³/mol. The van der Waals surface area contributed by atoms with Gasteiger partial charge in [0.25, 0.3) is 0 Å². The van der Waals surface area contributed by atoms with Crippen molar-refractivity contribution in [1.29, 1.82) is 0 Å². The van der Waals surface area contributed by atoms with E-state index in [1.54, 1.807) is 14.2 Å². The highest BCUT2D eigenvalue weighted by Crippen LogP contribution is 2.22. The Morgan fingerprint density at radius 2 is 1.81 bits per heavy atom. The Bertz CT molecular complexity index is 317. The summed E-state index contributed by atoms with van der Waals surface area (Å²) >= 11 is 0. The zero-order chi connectivity index (χ0) is 12.0. The molecule has 1 unspecified atom stereocenters. The highest BCUT2D eigenvalue weighted by atomic mass is 28.3. The molecular weight excluding hydrogens is 216 g/mol. The fraction of sp³-hybridized carbons (Fsp3) is 0.385. The van der Waals surface area contributed by atoms with Gasteiger partial charge in [-0.05, 0) is 23.1 Å². The Labute approximate surface area is 99.7 Å². The first-order valence-corrected chi connectivity index (χ1v) is 7.25. The third kappa shape index (κ3) is 3.59. The summed E-state index contributed by atoms with van der Waals surface area (Å²) in [7, 11) is 2.00. The number of rotatable bonds is 6. The zero-order valence-corrected chi connectivity index (χ0v) is 11.4. The van der Waals surface area contributed by atoms with Crippen molar-refractivity contribution in [2.45, 2.75) is 18.9 Å². The van der Waals surface area contributed by atoms with Crippen LogP contribution in [0.25, 0.3) is 6.08 Å². The van der Waals surface area contributed by atoms with E-state index in [1.807, 2.05) is 6.08 Å². The van der Waals surface area contributed by atoms with Crippen molar-refractivity contribution in [2.75, 3.05) is 14.2 Å². The summed E-state index contributed by atoms with van der Waals surface area (Å²) < 4.78 is 10.7. The largest absolute Gasteiger partial charge is 0.400 e. The molecule has 0 bridgehead atoms. The molecule has 0 N–H and O–H groups in total. The first-order chi connectivity index (χ1) is 7.71. The summed E-state index contributed by atoms with van der Waals surface area (Å²) in [6.45, 7) is 5.96. The molecule has 88 valence electrons. The molecule has 0 aromatic heterocycles. The molecule has 1 atom stereocenters. The predicted octanol–water partition coefficient (Wildman–Crippen LogP) is 2.95. The minimum Gasteiger partial charge on any atom is -0.400 e. The molecule has 3 heteroatoms. The van der Waals surface area contributed by atoms with Crippen LogP contribution in [-0.2, 0) is 8.85 Å². The highest BCUT2D eigenvalue weighted by Gasteiger charge is 2.15. The monoisotopic (exact) mass is 236 g/mol. The van der Waals surface area contributed by atoms with Gasteiger partial charge in [-0.1, -0.05) is 43.8 Å². The van der Waals surface area contributed by atoms with Gasteiger partial charge in [-0.15, -0.1) is 0 Å². The standard InChI is InChI=1S/C13H20O2Si/c1-5-12-6-8-13(9-7-12)11(2)10-16(14-3)15-4/h5-9,11,16H,1,10H2,2-4H3. The van der Waals surface area contributed by atoms with Gasteiger partial charge in [-0.2, -0.15) is 0 Å². The molecule has 2 nitrogen and oxygen atoms in total. The van der Waals surface area contributed by atoms with E-state index >= 15 is 0 Å². The van der Waals surface area contributed by atoms with Crippen LogP contribution in [0, 0.1) is 0 Å². The Kier molecular flexibility index (Phi) is 5.45. The number of hydrogen-bond donors (Lipinski definition) is 0. The molecule has 0 aliphatic rings. The average molecular weight is 236 g/mol.